The summed E-state index contributed by atoms with van der Waals surface area (Å²) in [5.41, 5.74) is 0.589. The Bertz CT molecular complexity index is 306. The van der Waals surface area contributed by atoms with Crippen molar-refractivity contribution in [3.63, 3.8) is 0 Å². The lowest BCUT2D eigenvalue weighted by Crippen LogP contribution is -2.12. The van der Waals surface area contributed by atoms with Crippen molar-refractivity contribution in [2.24, 2.45) is 0 Å². The highest BCUT2D eigenvalue weighted by atomic mass is 16.5. The molecule has 0 aliphatic rings. The number of ether oxygens (including phenoxy) is 1. The molecular weight excluding hydrogens is 156 g/mol. The first-order chi connectivity index (χ1) is 5.72. The zero-order valence-electron chi connectivity index (χ0n) is 7.26. The molecule has 0 aliphatic heterocycles. The van der Waals surface area contributed by atoms with Gasteiger partial charge in [0.1, 0.15) is 12.4 Å². The van der Waals surface area contributed by atoms with Crippen LogP contribution < -0.4 is 5.56 Å². The highest BCUT2D eigenvalue weighted by Crippen LogP contribution is 1.91. The van der Waals surface area contributed by atoms with Crippen LogP contribution in [0.3, 0.4) is 0 Å². The van der Waals surface area contributed by atoms with Gasteiger partial charge >= 0.3 is 0 Å². The van der Waals surface area contributed by atoms with E-state index in [1.54, 1.807) is 6.92 Å². The van der Waals surface area contributed by atoms with Crippen molar-refractivity contribution >= 4 is 0 Å². The predicted molar refractivity (Wildman–Crippen MR) is 44.9 cm³/mol. The Morgan fingerprint density at radius 3 is 3.00 bits per heavy atom. The van der Waals surface area contributed by atoms with Crippen molar-refractivity contribution in [1.29, 1.82) is 0 Å². The first-order valence-electron chi connectivity index (χ1n) is 3.87. The highest BCUT2D eigenvalue weighted by molar-refractivity contribution is 4.99. The molecule has 0 aromatic carbocycles. The monoisotopic (exact) mass is 168 g/mol. The largest absolute Gasteiger partial charge is 0.374 e. The van der Waals surface area contributed by atoms with Crippen LogP contribution in [0.25, 0.3) is 0 Å². The maximum absolute atomic E-state index is 10.9. The number of rotatable bonds is 3. The van der Waals surface area contributed by atoms with Crippen molar-refractivity contribution in [1.82, 2.24) is 9.97 Å². The summed E-state index contributed by atoms with van der Waals surface area (Å²) in [5, 5.41) is 0. The van der Waals surface area contributed by atoms with E-state index in [0.29, 0.717) is 24.7 Å². The van der Waals surface area contributed by atoms with Crippen molar-refractivity contribution in [3.05, 3.63) is 27.9 Å². The summed E-state index contributed by atoms with van der Waals surface area (Å²) in [5.74, 6) is 0.585. The second-order valence-electron chi connectivity index (χ2n) is 2.47. The van der Waals surface area contributed by atoms with Crippen molar-refractivity contribution in [3.8, 4) is 0 Å². The van der Waals surface area contributed by atoms with Gasteiger partial charge in [-0.05, 0) is 13.8 Å². The molecule has 0 saturated heterocycles. The molecule has 0 bridgehead atoms. The minimum atomic E-state index is -0.128. The Morgan fingerprint density at radius 2 is 2.42 bits per heavy atom. The van der Waals surface area contributed by atoms with Gasteiger partial charge in [-0.2, -0.15) is 0 Å². The summed E-state index contributed by atoms with van der Waals surface area (Å²) < 4.78 is 5.10. The Balaban J connectivity index is 2.79. The molecule has 66 valence electrons. The van der Waals surface area contributed by atoms with Crippen LogP contribution in [0.15, 0.2) is 10.9 Å². The molecule has 0 saturated carbocycles. The molecule has 4 nitrogen and oxygen atoms in total. The number of H-pyrrole nitrogens is 1. The molecule has 0 radical (unpaired) electrons. The minimum absolute atomic E-state index is 0.128. The fourth-order valence-electron chi connectivity index (χ4n) is 0.908. The third-order valence-corrected chi connectivity index (χ3v) is 1.36. The van der Waals surface area contributed by atoms with Crippen LogP contribution in [0.4, 0.5) is 0 Å². The normalized spacial score (nSPS) is 10.2. The second kappa shape index (κ2) is 4.01. The van der Waals surface area contributed by atoms with Gasteiger partial charge in [0.25, 0.3) is 5.56 Å². The van der Waals surface area contributed by atoms with Gasteiger partial charge in [-0.3, -0.25) is 4.79 Å². The summed E-state index contributed by atoms with van der Waals surface area (Å²) in [6.07, 6.45) is 0. The molecule has 0 unspecified atom stereocenters. The number of aromatic amines is 1. The van der Waals surface area contributed by atoms with E-state index in [-0.39, 0.29) is 5.56 Å². The maximum Gasteiger partial charge on any atom is 0.251 e. The SMILES string of the molecule is CCOCc1nc(C)cc(=O)[nH]1. The van der Waals surface area contributed by atoms with Gasteiger partial charge < -0.3 is 9.72 Å². The van der Waals surface area contributed by atoms with Crippen LogP contribution in [-0.2, 0) is 11.3 Å². The van der Waals surface area contributed by atoms with E-state index in [2.05, 4.69) is 9.97 Å². The molecule has 1 rings (SSSR count). The number of hydrogen-bond acceptors (Lipinski definition) is 3. The number of nitrogens with zero attached hydrogens (tertiary/aromatic N) is 1. The number of hydrogen-bond donors (Lipinski definition) is 1. The summed E-state index contributed by atoms with van der Waals surface area (Å²) in [4.78, 5) is 17.6. The molecule has 0 atom stereocenters. The van der Waals surface area contributed by atoms with Crippen molar-refractivity contribution in [2.45, 2.75) is 20.5 Å². The lowest BCUT2D eigenvalue weighted by atomic mass is 10.4. The molecule has 1 N–H and O–H groups in total. The van der Waals surface area contributed by atoms with Crippen LogP contribution in [0.2, 0.25) is 0 Å². The summed E-state index contributed by atoms with van der Waals surface area (Å²) in [7, 11) is 0. The van der Waals surface area contributed by atoms with Gasteiger partial charge in [-0.1, -0.05) is 0 Å². The maximum atomic E-state index is 10.9. The lowest BCUT2D eigenvalue weighted by molar-refractivity contribution is 0.128. The van der Waals surface area contributed by atoms with Gasteiger partial charge in [0.15, 0.2) is 0 Å². The molecule has 1 heterocycles. The van der Waals surface area contributed by atoms with Gasteiger partial charge in [-0.15, -0.1) is 0 Å². The van der Waals surface area contributed by atoms with E-state index in [0.717, 1.165) is 0 Å². The van der Waals surface area contributed by atoms with E-state index in [1.165, 1.54) is 6.07 Å². The zero-order chi connectivity index (χ0) is 8.97. The van der Waals surface area contributed by atoms with Crippen molar-refractivity contribution in [2.75, 3.05) is 6.61 Å². The predicted octanol–water partition coefficient (Wildman–Crippen LogP) is 0.615. The van der Waals surface area contributed by atoms with Gasteiger partial charge in [0, 0.05) is 18.4 Å². The fraction of sp³-hybridized carbons (Fsp3) is 0.500. The van der Waals surface area contributed by atoms with Crippen LogP contribution in [0.1, 0.15) is 18.4 Å². The number of aromatic nitrogens is 2. The minimum Gasteiger partial charge on any atom is -0.374 e. The van der Waals surface area contributed by atoms with E-state index in [4.69, 9.17) is 4.74 Å². The summed E-state index contributed by atoms with van der Waals surface area (Å²) in [6, 6.07) is 1.45. The van der Waals surface area contributed by atoms with Gasteiger partial charge in [-0.25, -0.2) is 4.98 Å². The molecule has 12 heavy (non-hydrogen) atoms. The van der Waals surface area contributed by atoms with E-state index < -0.39 is 0 Å². The summed E-state index contributed by atoms with van der Waals surface area (Å²) in [6.45, 7) is 4.67. The average molecular weight is 168 g/mol. The molecular formula is C8H12N2O2. The summed E-state index contributed by atoms with van der Waals surface area (Å²) >= 11 is 0. The number of nitrogens with one attached hydrogen (secondary N) is 1. The van der Waals surface area contributed by atoms with E-state index in [1.807, 2.05) is 6.92 Å². The smallest absolute Gasteiger partial charge is 0.251 e. The quantitative estimate of drug-likeness (QED) is 0.719. The third kappa shape index (κ3) is 2.47. The highest BCUT2D eigenvalue weighted by Gasteiger charge is 1.96. The first kappa shape index (κ1) is 8.93. The number of aryl methyl sites for hydroxylation is 1. The Kier molecular flexibility index (Phi) is 2.99. The molecule has 0 amide bonds. The average Bonchev–Trinajstić information content (AvgIpc) is 1.99. The molecule has 4 heteroatoms. The van der Waals surface area contributed by atoms with Crippen LogP contribution >= 0.6 is 0 Å². The molecule has 0 fully saturated rings. The van der Waals surface area contributed by atoms with Gasteiger partial charge in [0.05, 0.1) is 0 Å². The Labute approximate surface area is 70.6 Å². The lowest BCUT2D eigenvalue weighted by Gasteiger charge is -2.00. The van der Waals surface area contributed by atoms with E-state index in [9.17, 15) is 4.79 Å². The van der Waals surface area contributed by atoms with Crippen molar-refractivity contribution < 1.29 is 4.74 Å². The molecule has 0 spiro atoms. The fourth-order valence-corrected chi connectivity index (χ4v) is 0.908. The second-order valence-corrected chi connectivity index (χ2v) is 2.47. The molecule has 1 aromatic heterocycles. The standard InChI is InChI=1S/C8H12N2O2/c1-3-12-5-7-9-6(2)4-8(11)10-7/h4H,3,5H2,1-2H3,(H,9,10,11). The van der Waals surface area contributed by atoms with Gasteiger partial charge in [0.2, 0.25) is 0 Å². The third-order valence-electron chi connectivity index (χ3n) is 1.36. The van der Waals surface area contributed by atoms with Crippen LogP contribution in [-0.4, -0.2) is 16.6 Å². The molecule has 1 aromatic rings. The molecule has 0 aliphatic carbocycles. The van der Waals surface area contributed by atoms with Crippen LogP contribution in [0, 0.1) is 6.92 Å². The zero-order valence-corrected chi connectivity index (χ0v) is 7.26. The van der Waals surface area contributed by atoms with E-state index >= 15 is 0 Å². The Morgan fingerprint density at radius 1 is 1.67 bits per heavy atom. The first-order valence-corrected chi connectivity index (χ1v) is 3.87. The topological polar surface area (TPSA) is 55.0 Å². The van der Waals surface area contributed by atoms with Crippen LogP contribution in [0.5, 0.6) is 0 Å². The Hall–Kier alpha value is -1.16.